The molecule has 0 radical (unpaired) electrons. The summed E-state index contributed by atoms with van der Waals surface area (Å²) in [6.45, 7) is 5.35. The van der Waals surface area contributed by atoms with Crippen molar-refractivity contribution in [3.63, 3.8) is 0 Å². The van der Waals surface area contributed by atoms with Gasteiger partial charge in [-0.25, -0.2) is 0 Å². The summed E-state index contributed by atoms with van der Waals surface area (Å²) in [5.74, 6) is 1.23. The van der Waals surface area contributed by atoms with Crippen LogP contribution in [0.5, 0.6) is 5.75 Å². The molecule has 1 fully saturated rings. The first-order chi connectivity index (χ1) is 8.69. The largest absolute Gasteiger partial charge is 0.508 e. The third-order valence-electron chi connectivity index (χ3n) is 3.95. The minimum atomic E-state index is 0.357. The molecule has 0 aliphatic carbocycles. The Kier molecular flexibility index (Phi) is 4.90. The summed E-state index contributed by atoms with van der Waals surface area (Å²) in [6, 6.07) is 5.29. The van der Waals surface area contributed by atoms with Gasteiger partial charge in [-0.05, 0) is 56.5 Å². The van der Waals surface area contributed by atoms with Crippen LogP contribution in [0.25, 0.3) is 0 Å². The van der Waals surface area contributed by atoms with Crippen molar-refractivity contribution in [2.24, 2.45) is 5.92 Å². The zero-order valence-corrected chi connectivity index (χ0v) is 11.8. The standard InChI is InChI=1S/C15H22ClNO/c1-2-12-4-3-8-17(9-7-12)11-13-10-14(16)5-6-15(13)18/h5-6,10,12,18H,2-4,7-9,11H2,1H3. The SMILES string of the molecule is CCC1CCCN(Cc2cc(Cl)ccc2O)CC1. The second-order valence-electron chi connectivity index (χ2n) is 5.25. The van der Waals surface area contributed by atoms with E-state index in [1.165, 1.54) is 25.7 Å². The second-order valence-corrected chi connectivity index (χ2v) is 5.69. The zero-order valence-electron chi connectivity index (χ0n) is 11.0. The second kappa shape index (κ2) is 6.44. The lowest BCUT2D eigenvalue weighted by Crippen LogP contribution is -2.24. The van der Waals surface area contributed by atoms with Gasteiger partial charge in [0.05, 0.1) is 0 Å². The summed E-state index contributed by atoms with van der Waals surface area (Å²) >= 11 is 5.98. The van der Waals surface area contributed by atoms with Gasteiger partial charge in [-0.2, -0.15) is 0 Å². The Bertz CT molecular complexity index is 394. The van der Waals surface area contributed by atoms with Gasteiger partial charge in [-0.3, -0.25) is 4.90 Å². The van der Waals surface area contributed by atoms with Crippen LogP contribution in [-0.4, -0.2) is 23.1 Å². The van der Waals surface area contributed by atoms with Crippen molar-refractivity contribution in [1.82, 2.24) is 4.90 Å². The molecule has 0 saturated carbocycles. The highest BCUT2D eigenvalue weighted by Gasteiger charge is 2.16. The number of phenols is 1. The predicted octanol–water partition coefficient (Wildman–Crippen LogP) is 4.06. The van der Waals surface area contributed by atoms with Gasteiger partial charge >= 0.3 is 0 Å². The van der Waals surface area contributed by atoms with Crippen LogP contribution < -0.4 is 0 Å². The fourth-order valence-electron chi connectivity index (χ4n) is 2.71. The highest BCUT2D eigenvalue weighted by Crippen LogP contribution is 2.25. The van der Waals surface area contributed by atoms with Gasteiger partial charge in [0.25, 0.3) is 0 Å². The average molecular weight is 268 g/mol. The minimum Gasteiger partial charge on any atom is -0.508 e. The van der Waals surface area contributed by atoms with E-state index < -0.39 is 0 Å². The fourth-order valence-corrected chi connectivity index (χ4v) is 2.91. The van der Waals surface area contributed by atoms with Gasteiger partial charge in [0.1, 0.15) is 5.75 Å². The number of rotatable bonds is 3. The smallest absolute Gasteiger partial charge is 0.120 e. The van der Waals surface area contributed by atoms with E-state index in [-0.39, 0.29) is 0 Å². The third-order valence-corrected chi connectivity index (χ3v) is 4.19. The molecule has 2 nitrogen and oxygen atoms in total. The van der Waals surface area contributed by atoms with E-state index in [4.69, 9.17) is 11.6 Å². The van der Waals surface area contributed by atoms with E-state index in [1.807, 2.05) is 6.07 Å². The number of phenolic OH excluding ortho intramolecular Hbond substituents is 1. The molecule has 1 aliphatic heterocycles. The lowest BCUT2D eigenvalue weighted by molar-refractivity contribution is 0.268. The Morgan fingerprint density at radius 3 is 2.94 bits per heavy atom. The molecule has 1 aliphatic rings. The summed E-state index contributed by atoms with van der Waals surface area (Å²) in [5, 5.41) is 10.5. The Morgan fingerprint density at radius 1 is 1.33 bits per heavy atom. The van der Waals surface area contributed by atoms with Crippen molar-refractivity contribution in [3.05, 3.63) is 28.8 Å². The van der Waals surface area contributed by atoms with E-state index in [9.17, 15) is 5.11 Å². The molecule has 1 unspecified atom stereocenters. The number of hydrogen-bond acceptors (Lipinski definition) is 2. The summed E-state index contributed by atoms with van der Waals surface area (Å²) < 4.78 is 0. The van der Waals surface area contributed by atoms with E-state index >= 15 is 0 Å². The van der Waals surface area contributed by atoms with Crippen LogP contribution in [0.1, 0.15) is 38.2 Å². The normalized spacial score (nSPS) is 21.8. The van der Waals surface area contributed by atoms with Gasteiger partial charge in [0.15, 0.2) is 0 Å². The molecule has 2 rings (SSSR count). The highest BCUT2D eigenvalue weighted by atomic mass is 35.5. The first-order valence-corrected chi connectivity index (χ1v) is 7.26. The quantitative estimate of drug-likeness (QED) is 0.893. The van der Waals surface area contributed by atoms with E-state index in [2.05, 4.69) is 11.8 Å². The predicted molar refractivity (Wildman–Crippen MR) is 76.0 cm³/mol. The molecule has 0 bridgehead atoms. The van der Waals surface area contributed by atoms with Crippen LogP contribution in [0.15, 0.2) is 18.2 Å². The molecule has 3 heteroatoms. The maximum absolute atomic E-state index is 9.85. The Labute approximate surface area is 115 Å². The summed E-state index contributed by atoms with van der Waals surface area (Å²) in [7, 11) is 0. The minimum absolute atomic E-state index is 0.357. The van der Waals surface area contributed by atoms with E-state index in [0.717, 1.165) is 31.1 Å². The Hall–Kier alpha value is -0.730. The fraction of sp³-hybridized carbons (Fsp3) is 0.600. The van der Waals surface area contributed by atoms with Crippen molar-refractivity contribution < 1.29 is 5.11 Å². The average Bonchev–Trinajstić information content (AvgIpc) is 2.59. The number of benzene rings is 1. The molecule has 0 amide bonds. The molecule has 1 N–H and O–H groups in total. The molecule has 1 aromatic carbocycles. The number of aromatic hydroxyl groups is 1. The van der Waals surface area contributed by atoms with Gasteiger partial charge in [0, 0.05) is 17.1 Å². The number of nitrogens with zero attached hydrogens (tertiary/aromatic N) is 1. The van der Waals surface area contributed by atoms with Crippen LogP contribution in [0.2, 0.25) is 5.02 Å². The molecule has 0 spiro atoms. The maximum Gasteiger partial charge on any atom is 0.120 e. The lowest BCUT2D eigenvalue weighted by atomic mass is 9.98. The molecular formula is C15H22ClNO. The molecule has 1 atom stereocenters. The van der Waals surface area contributed by atoms with Crippen LogP contribution in [0.3, 0.4) is 0 Å². The van der Waals surface area contributed by atoms with E-state index in [1.54, 1.807) is 12.1 Å². The van der Waals surface area contributed by atoms with Crippen molar-refractivity contribution in [1.29, 1.82) is 0 Å². The monoisotopic (exact) mass is 267 g/mol. The summed E-state index contributed by atoms with van der Waals surface area (Å²) in [6.07, 6.45) is 5.17. The van der Waals surface area contributed by atoms with Crippen molar-refractivity contribution in [3.8, 4) is 5.75 Å². The molecule has 1 saturated heterocycles. The first kappa shape index (κ1) is 13.7. The topological polar surface area (TPSA) is 23.5 Å². The molecule has 1 heterocycles. The van der Waals surface area contributed by atoms with Gasteiger partial charge in [-0.15, -0.1) is 0 Å². The van der Waals surface area contributed by atoms with Crippen molar-refractivity contribution in [2.45, 2.75) is 39.2 Å². The molecule has 100 valence electrons. The number of hydrogen-bond donors (Lipinski definition) is 1. The lowest BCUT2D eigenvalue weighted by Gasteiger charge is -2.20. The Balaban J connectivity index is 1.98. The number of likely N-dealkylation sites (tertiary alicyclic amines) is 1. The molecule has 18 heavy (non-hydrogen) atoms. The zero-order chi connectivity index (χ0) is 13.0. The van der Waals surface area contributed by atoms with Gasteiger partial charge in [-0.1, -0.05) is 24.9 Å². The summed E-state index contributed by atoms with van der Waals surface area (Å²) in [4.78, 5) is 2.43. The maximum atomic E-state index is 9.85. The van der Waals surface area contributed by atoms with E-state index in [0.29, 0.717) is 10.8 Å². The molecular weight excluding hydrogens is 246 g/mol. The van der Waals surface area contributed by atoms with Crippen molar-refractivity contribution >= 4 is 11.6 Å². The van der Waals surface area contributed by atoms with Gasteiger partial charge in [0.2, 0.25) is 0 Å². The molecule has 1 aromatic rings. The number of halogens is 1. The van der Waals surface area contributed by atoms with Crippen LogP contribution in [-0.2, 0) is 6.54 Å². The third kappa shape index (κ3) is 3.63. The first-order valence-electron chi connectivity index (χ1n) is 6.88. The van der Waals surface area contributed by atoms with Gasteiger partial charge < -0.3 is 5.11 Å². The molecule has 0 aromatic heterocycles. The van der Waals surface area contributed by atoms with Crippen LogP contribution in [0.4, 0.5) is 0 Å². The van der Waals surface area contributed by atoms with Crippen LogP contribution in [0, 0.1) is 5.92 Å². The highest BCUT2D eigenvalue weighted by molar-refractivity contribution is 6.30. The van der Waals surface area contributed by atoms with Crippen molar-refractivity contribution in [2.75, 3.05) is 13.1 Å². The Morgan fingerprint density at radius 2 is 2.17 bits per heavy atom. The van der Waals surface area contributed by atoms with Crippen LogP contribution >= 0.6 is 11.6 Å². The summed E-state index contributed by atoms with van der Waals surface area (Å²) in [5.41, 5.74) is 0.942.